The van der Waals surface area contributed by atoms with Crippen LogP contribution in [-0.2, 0) is 14.3 Å². The molecule has 0 amide bonds. The molecule has 0 heterocycles. The minimum absolute atomic E-state index is 0.187. The molecule has 0 saturated heterocycles. The van der Waals surface area contributed by atoms with E-state index < -0.39 is 18.1 Å². The Bertz CT molecular complexity index is 601. The molecule has 7 heteroatoms. The number of carbonyl (C=O) groups is 2. The number of methoxy groups -OCH3 is 1. The molecule has 0 aromatic heterocycles. The van der Waals surface area contributed by atoms with Gasteiger partial charge in [-0.3, -0.25) is 9.59 Å². The van der Waals surface area contributed by atoms with Crippen molar-refractivity contribution in [3.05, 3.63) is 48.6 Å². The van der Waals surface area contributed by atoms with Gasteiger partial charge in [-0.05, 0) is 32.1 Å². The van der Waals surface area contributed by atoms with Gasteiger partial charge in [0.2, 0.25) is 0 Å². The Hall–Kier alpha value is -1.83. The maximum atomic E-state index is 11.2. The van der Waals surface area contributed by atoms with Gasteiger partial charge in [0.05, 0.1) is 13.2 Å². The molecule has 3 atom stereocenters. The molecule has 0 aliphatic heterocycles. The van der Waals surface area contributed by atoms with Gasteiger partial charge in [0, 0.05) is 17.4 Å². The Kier molecular flexibility index (Phi) is 18.9. The van der Waals surface area contributed by atoms with Crippen LogP contribution in [0.15, 0.2) is 48.6 Å². The number of ether oxygens (including phenoxy) is 1. The molecule has 0 rings (SSSR count). The number of nitrogens with two attached hydrogens (primary N) is 1. The first-order valence-electron chi connectivity index (χ1n) is 10.9. The first kappa shape index (κ1) is 29.2. The van der Waals surface area contributed by atoms with E-state index in [1.165, 1.54) is 38.1 Å². The Morgan fingerprint density at radius 2 is 1.81 bits per heavy atom. The second-order valence-electron chi connectivity index (χ2n) is 7.18. The highest BCUT2D eigenvalue weighted by atomic mass is 32.2. The van der Waals surface area contributed by atoms with Gasteiger partial charge >= 0.3 is 11.9 Å². The number of rotatable bonds is 18. The van der Waals surface area contributed by atoms with Crippen LogP contribution in [0.3, 0.4) is 0 Å². The lowest BCUT2D eigenvalue weighted by Gasteiger charge is -2.20. The maximum Gasteiger partial charge on any atom is 0.321 e. The smallest absolute Gasteiger partial charge is 0.321 e. The summed E-state index contributed by atoms with van der Waals surface area (Å²) in [6, 6.07) is -0.989. The number of aliphatic hydroxyl groups is 1. The molecule has 0 aliphatic carbocycles. The van der Waals surface area contributed by atoms with Crippen LogP contribution in [0, 0.1) is 0 Å². The molecule has 0 spiro atoms. The van der Waals surface area contributed by atoms with Crippen molar-refractivity contribution in [2.75, 3.05) is 12.9 Å². The fourth-order valence-electron chi connectivity index (χ4n) is 2.57. The van der Waals surface area contributed by atoms with Crippen molar-refractivity contribution in [1.29, 1.82) is 0 Å². The Morgan fingerprint density at radius 3 is 2.48 bits per heavy atom. The minimum atomic E-state index is -1.07. The Balaban J connectivity index is 4.55. The van der Waals surface area contributed by atoms with Crippen molar-refractivity contribution in [3.63, 3.8) is 0 Å². The van der Waals surface area contributed by atoms with E-state index in [2.05, 4.69) is 29.9 Å². The zero-order chi connectivity index (χ0) is 23.3. The van der Waals surface area contributed by atoms with Gasteiger partial charge in [-0.15, -0.1) is 11.8 Å². The number of hydrogen-bond donors (Lipinski definition) is 3. The van der Waals surface area contributed by atoms with Gasteiger partial charge in [-0.1, -0.05) is 68.4 Å². The maximum absolute atomic E-state index is 11.2. The summed E-state index contributed by atoms with van der Waals surface area (Å²) in [6.07, 6.45) is 22.1. The molecule has 0 aliphatic rings. The zero-order valence-corrected chi connectivity index (χ0v) is 19.6. The van der Waals surface area contributed by atoms with Gasteiger partial charge in [0.25, 0.3) is 0 Å². The van der Waals surface area contributed by atoms with E-state index in [1.54, 1.807) is 0 Å². The van der Waals surface area contributed by atoms with Gasteiger partial charge < -0.3 is 20.7 Å². The number of unbranched alkanes of at least 4 members (excludes halogenated alkanes) is 3. The number of carboxylic acids is 1. The van der Waals surface area contributed by atoms with Crippen LogP contribution >= 0.6 is 11.8 Å². The Labute approximate surface area is 191 Å². The Morgan fingerprint density at radius 1 is 1.06 bits per heavy atom. The topological polar surface area (TPSA) is 110 Å². The minimum Gasteiger partial charge on any atom is -0.480 e. The van der Waals surface area contributed by atoms with E-state index in [0.717, 1.165) is 12.8 Å². The van der Waals surface area contributed by atoms with Gasteiger partial charge in [0.1, 0.15) is 6.04 Å². The van der Waals surface area contributed by atoms with Crippen LogP contribution in [0.4, 0.5) is 0 Å². The average molecular weight is 454 g/mol. The predicted octanol–water partition coefficient (Wildman–Crippen LogP) is 4.40. The summed E-state index contributed by atoms with van der Waals surface area (Å²) in [5, 5.41) is 19.1. The second-order valence-corrected chi connectivity index (χ2v) is 8.39. The van der Waals surface area contributed by atoms with Crippen LogP contribution in [0.5, 0.6) is 0 Å². The summed E-state index contributed by atoms with van der Waals surface area (Å²) in [4.78, 5) is 22.2. The molecular weight excluding hydrogens is 414 g/mol. The quantitative estimate of drug-likeness (QED) is 0.122. The third kappa shape index (κ3) is 17.5. The number of aliphatic carboxylic acids is 1. The van der Waals surface area contributed by atoms with Gasteiger partial charge in [-0.2, -0.15) is 0 Å². The molecule has 176 valence electrons. The van der Waals surface area contributed by atoms with E-state index in [0.29, 0.717) is 12.8 Å². The lowest BCUT2D eigenvalue weighted by molar-refractivity contribution is -0.141. The molecule has 31 heavy (non-hydrogen) atoms. The molecule has 0 fully saturated rings. The van der Waals surface area contributed by atoms with E-state index in [4.69, 9.17) is 10.8 Å². The summed E-state index contributed by atoms with van der Waals surface area (Å²) in [5.74, 6) is -1.20. The fourth-order valence-corrected chi connectivity index (χ4v) is 3.70. The number of hydrogen-bond acceptors (Lipinski definition) is 6. The second kappa shape index (κ2) is 20.1. The SMILES string of the molecule is CCCCCC=CCC=CC=CC=C[C@H](SC[C@H](N)C(=O)O)[C@H](O)CCCC(=O)OC. The van der Waals surface area contributed by atoms with Crippen molar-refractivity contribution in [3.8, 4) is 0 Å². The molecular formula is C24H39NO5S. The average Bonchev–Trinajstić information content (AvgIpc) is 2.75. The third-order valence-electron chi connectivity index (χ3n) is 4.46. The largest absolute Gasteiger partial charge is 0.480 e. The summed E-state index contributed by atoms with van der Waals surface area (Å²) in [5.41, 5.74) is 5.58. The summed E-state index contributed by atoms with van der Waals surface area (Å²) < 4.78 is 4.61. The van der Waals surface area contributed by atoms with Crippen molar-refractivity contribution in [2.45, 2.75) is 75.7 Å². The van der Waals surface area contributed by atoms with E-state index in [-0.39, 0.29) is 23.4 Å². The van der Waals surface area contributed by atoms with Gasteiger partial charge in [-0.25, -0.2) is 0 Å². The highest BCUT2D eigenvalue weighted by molar-refractivity contribution is 8.00. The van der Waals surface area contributed by atoms with E-state index in [9.17, 15) is 14.7 Å². The number of esters is 1. The molecule has 4 N–H and O–H groups in total. The monoisotopic (exact) mass is 453 g/mol. The van der Waals surface area contributed by atoms with E-state index >= 15 is 0 Å². The van der Waals surface area contributed by atoms with Crippen molar-refractivity contribution in [1.82, 2.24) is 0 Å². The molecule has 0 saturated carbocycles. The number of thioether (sulfide) groups is 1. The molecule has 6 nitrogen and oxygen atoms in total. The number of aliphatic hydroxyl groups excluding tert-OH is 1. The molecule has 0 aromatic rings. The fraction of sp³-hybridized carbons (Fsp3) is 0.583. The highest BCUT2D eigenvalue weighted by Crippen LogP contribution is 2.21. The number of carboxylic acid groups (broad SMARTS) is 1. The number of allylic oxidation sites excluding steroid dienone is 7. The lowest BCUT2D eigenvalue weighted by Crippen LogP contribution is -2.34. The van der Waals surface area contributed by atoms with E-state index in [1.807, 2.05) is 30.4 Å². The van der Waals surface area contributed by atoms with Gasteiger partial charge in [0.15, 0.2) is 0 Å². The van der Waals surface area contributed by atoms with Crippen LogP contribution in [0.1, 0.15) is 58.3 Å². The third-order valence-corrected chi connectivity index (χ3v) is 5.86. The molecule has 0 radical (unpaired) electrons. The molecule has 0 bridgehead atoms. The summed E-state index contributed by atoms with van der Waals surface area (Å²) in [7, 11) is 1.33. The van der Waals surface area contributed by atoms with Crippen LogP contribution in [0.2, 0.25) is 0 Å². The van der Waals surface area contributed by atoms with Crippen LogP contribution in [-0.4, -0.2) is 52.4 Å². The van der Waals surface area contributed by atoms with Crippen molar-refractivity contribution in [2.24, 2.45) is 5.73 Å². The highest BCUT2D eigenvalue weighted by Gasteiger charge is 2.20. The van der Waals surface area contributed by atoms with Crippen LogP contribution in [0.25, 0.3) is 0 Å². The van der Waals surface area contributed by atoms with Crippen molar-refractivity contribution >= 4 is 23.7 Å². The summed E-state index contributed by atoms with van der Waals surface area (Å²) in [6.45, 7) is 2.20. The zero-order valence-electron chi connectivity index (χ0n) is 18.8. The first-order valence-corrected chi connectivity index (χ1v) is 12.0. The molecule has 0 unspecified atom stereocenters. The predicted molar refractivity (Wildman–Crippen MR) is 129 cm³/mol. The molecule has 0 aromatic carbocycles. The number of carbonyl (C=O) groups excluding carboxylic acids is 1. The standard InChI is InChI=1S/C24H39NO5S/c1-3-4-5-6-7-8-9-10-11-12-13-14-17-22(31-19-20(25)24(28)29)21(26)16-15-18-23(27)30-2/h7-8,10-14,17,20-22,26H,3-6,9,15-16,18-19,25H2,1-2H3,(H,28,29)/t20-,21+,22-/m0/s1. The van der Waals surface area contributed by atoms with Crippen LogP contribution < -0.4 is 5.73 Å². The first-order chi connectivity index (χ1) is 14.9. The summed E-state index contributed by atoms with van der Waals surface area (Å²) >= 11 is 1.29. The van der Waals surface area contributed by atoms with Crippen molar-refractivity contribution < 1.29 is 24.5 Å². The normalized spacial score (nSPS) is 15.2. The lowest BCUT2D eigenvalue weighted by atomic mass is 10.1.